The standard InChI is InChI=1S/C19H27N3O2/c1-14(15-4-5-15)22(16-6-7-16)19(23)13-21-10-8-18(12-21)24-17-3-2-9-20-11-17/h2-3,9,11,14-16,18H,4-8,10,12-13H2,1H3/t14-,18-/m1/s1. The van der Waals surface area contributed by atoms with Gasteiger partial charge in [-0.3, -0.25) is 14.7 Å². The molecule has 4 rings (SSSR count). The Kier molecular flexibility index (Phi) is 4.44. The van der Waals surface area contributed by atoms with E-state index < -0.39 is 0 Å². The van der Waals surface area contributed by atoms with Gasteiger partial charge >= 0.3 is 0 Å². The fraction of sp³-hybridized carbons (Fsp3) is 0.684. The molecule has 2 saturated carbocycles. The zero-order chi connectivity index (χ0) is 16.5. The molecule has 1 aliphatic heterocycles. The minimum absolute atomic E-state index is 0.164. The Bertz CT molecular complexity index is 571. The van der Waals surface area contributed by atoms with Gasteiger partial charge in [0.05, 0.1) is 12.7 Å². The first kappa shape index (κ1) is 15.9. The normalized spacial score (nSPS) is 25.5. The molecule has 5 nitrogen and oxygen atoms in total. The van der Waals surface area contributed by atoms with E-state index in [1.165, 1.54) is 25.7 Å². The number of ether oxygens (including phenoxy) is 1. The van der Waals surface area contributed by atoms with Crippen molar-refractivity contribution >= 4 is 5.91 Å². The number of carbonyl (C=O) groups is 1. The number of pyridine rings is 1. The van der Waals surface area contributed by atoms with E-state index >= 15 is 0 Å². The van der Waals surface area contributed by atoms with E-state index in [1.54, 1.807) is 12.4 Å². The predicted octanol–water partition coefficient (Wildman–Crippen LogP) is 2.32. The molecule has 24 heavy (non-hydrogen) atoms. The molecule has 3 fully saturated rings. The van der Waals surface area contributed by atoms with Crippen LogP contribution in [-0.4, -0.2) is 58.5 Å². The number of amides is 1. The highest BCUT2D eigenvalue weighted by atomic mass is 16.5. The number of rotatable bonds is 7. The summed E-state index contributed by atoms with van der Waals surface area (Å²) < 4.78 is 5.97. The van der Waals surface area contributed by atoms with Crippen molar-refractivity contribution in [3.63, 3.8) is 0 Å². The van der Waals surface area contributed by atoms with Gasteiger partial charge in [0.15, 0.2) is 0 Å². The maximum Gasteiger partial charge on any atom is 0.237 e. The maximum absolute atomic E-state index is 12.9. The van der Waals surface area contributed by atoms with Crippen molar-refractivity contribution in [2.75, 3.05) is 19.6 Å². The van der Waals surface area contributed by atoms with Crippen LogP contribution in [-0.2, 0) is 4.79 Å². The van der Waals surface area contributed by atoms with Gasteiger partial charge in [-0.1, -0.05) is 0 Å². The van der Waals surface area contributed by atoms with Crippen LogP contribution in [0.3, 0.4) is 0 Å². The van der Waals surface area contributed by atoms with E-state index in [0.29, 0.717) is 24.5 Å². The van der Waals surface area contributed by atoms with Crippen LogP contribution in [0.15, 0.2) is 24.5 Å². The smallest absolute Gasteiger partial charge is 0.237 e. The largest absolute Gasteiger partial charge is 0.487 e. The second-order valence-corrected chi connectivity index (χ2v) is 7.56. The van der Waals surface area contributed by atoms with Gasteiger partial charge in [-0.25, -0.2) is 0 Å². The monoisotopic (exact) mass is 329 g/mol. The van der Waals surface area contributed by atoms with Crippen molar-refractivity contribution in [2.45, 2.75) is 57.2 Å². The molecule has 0 aromatic carbocycles. The topological polar surface area (TPSA) is 45.7 Å². The van der Waals surface area contributed by atoms with Crippen LogP contribution in [0.2, 0.25) is 0 Å². The summed E-state index contributed by atoms with van der Waals surface area (Å²) >= 11 is 0. The molecule has 130 valence electrons. The molecular formula is C19H27N3O2. The molecule has 0 unspecified atom stereocenters. The summed E-state index contributed by atoms with van der Waals surface area (Å²) in [4.78, 5) is 21.4. The lowest BCUT2D eigenvalue weighted by atomic mass is 10.1. The molecule has 0 N–H and O–H groups in total. The highest BCUT2D eigenvalue weighted by Crippen LogP contribution is 2.39. The number of likely N-dealkylation sites (tertiary alicyclic amines) is 1. The van der Waals surface area contributed by atoms with Crippen LogP contribution in [0.25, 0.3) is 0 Å². The van der Waals surface area contributed by atoms with Gasteiger partial charge in [-0.2, -0.15) is 0 Å². The van der Waals surface area contributed by atoms with Crippen molar-refractivity contribution in [1.82, 2.24) is 14.8 Å². The van der Waals surface area contributed by atoms with Gasteiger partial charge in [-0.15, -0.1) is 0 Å². The zero-order valence-corrected chi connectivity index (χ0v) is 14.4. The second-order valence-electron chi connectivity index (χ2n) is 7.56. The van der Waals surface area contributed by atoms with Crippen molar-refractivity contribution in [1.29, 1.82) is 0 Å². The zero-order valence-electron chi connectivity index (χ0n) is 14.4. The summed E-state index contributed by atoms with van der Waals surface area (Å²) in [7, 11) is 0. The van der Waals surface area contributed by atoms with Gasteiger partial charge < -0.3 is 9.64 Å². The average Bonchev–Trinajstić information content (AvgIpc) is 3.48. The average molecular weight is 329 g/mol. The lowest BCUT2D eigenvalue weighted by molar-refractivity contribution is -0.135. The Hall–Kier alpha value is -1.62. The first-order chi connectivity index (χ1) is 11.7. The minimum Gasteiger partial charge on any atom is -0.487 e. The van der Waals surface area contributed by atoms with Crippen LogP contribution in [0.4, 0.5) is 0 Å². The molecular weight excluding hydrogens is 302 g/mol. The lowest BCUT2D eigenvalue weighted by Crippen LogP contribution is -2.46. The molecule has 0 radical (unpaired) electrons. The summed E-state index contributed by atoms with van der Waals surface area (Å²) in [6.07, 6.45) is 9.61. The molecule has 0 spiro atoms. The highest BCUT2D eigenvalue weighted by molar-refractivity contribution is 5.79. The molecule has 1 aromatic rings. The number of aromatic nitrogens is 1. The predicted molar refractivity (Wildman–Crippen MR) is 91.8 cm³/mol. The van der Waals surface area contributed by atoms with Crippen molar-refractivity contribution in [3.8, 4) is 5.75 Å². The minimum atomic E-state index is 0.164. The maximum atomic E-state index is 12.9. The lowest BCUT2D eigenvalue weighted by Gasteiger charge is -2.31. The first-order valence-electron chi connectivity index (χ1n) is 9.31. The third kappa shape index (κ3) is 3.72. The van der Waals surface area contributed by atoms with E-state index in [1.807, 2.05) is 12.1 Å². The SMILES string of the molecule is C[C@H](C1CC1)N(C(=O)CN1CC[C@@H](Oc2cccnc2)C1)C1CC1. The molecule has 1 aromatic heterocycles. The van der Waals surface area contributed by atoms with Crippen LogP contribution >= 0.6 is 0 Å². The number of carbonyl (C=O) groups excluding carboxylic acids is 1. The van der Waals surface area contributed by atoms with E-state index in [4.69, 9.17) is 4.74 Å². The van der Waals surface area contributed by atoms with E-state index in [2.05, 4.69) is 21.7 Å². The molecule has 2 aliphatic carbocycles. The van der Waals surface area contributed by atoms with Gasteiger partial charge in [0, 0.05) is 31.4 Å². The molecule has 0 bridgehead atoms. The first-order valence-corrected chi connectivity index (χ1v) is 9.31. The van der Waals surface area contributed by atoms with Crippen molar-refractivity contribution < 1.29 is 9.53 Å². The van der Waals surface area contributed by atoms with Crippen LogP contribution in [0.1, 0.15) is 39.0 Å². The number of nitrogens with zero attached hydrogens (tertiary/aromatic N) is 3. The van der Waals surface area contributed by atoms with Crippen molar-refractivity contribution in [3.05, 3.63) is 24.5 Å². The number of hydrogen-bond acceptors (Lipinski definition) is 4. The Balaban J connectivity index is 1.29. The Morgan fingerprint density at radius 2 is 2.21 bits per heavy atom. The van der Waals surface area contributed by atoms with Crippen molar-refractivity contribution in [2.24, 2.45) is 5.92 Å². The van der Waals surface area contributed by atoms with Crippen LogP contribution in [0.5, 0.6) is 5.75 Å². The van der Waals surface area contributed by atoms with E-state index in [9.17, 15) is 4.79 Å². The molecule has 2 atom stereocenters. The molecule has 3 aliphatic rings. The summed E-state index contributed by atoms with van der Waals surface area (Å²) in [6.45, 7) is 4.55. The third-order valence-corrected chi connectivity index (χ3v) is 5.50. The van der Waals surface area contributed by atoms with Crippen LogP contribution in [0, 0.1) is 5.92 Å². The summed E-state index contributed by atoms with van der Waals surface area (Å²) in [5.74, 6) is 1.88. The van der Waals surface area contributed by atoms with Gasteiger partial charge in [-0.05, 0) is 57.1 Å². The summed E-state index contributed by atoms with van der Waals surface area (Å²) in [5, 5.41) is 0. The van der Waals surface area contributed by atoms with E-state index in [0.717, 1.165) is 31.2 Å². The fourth-order valence-corrected chi connectivity index (χ4v) is 3.84. The summed E-state index contributed by atoms with van der Waals surface area (Å²) in [6, 6.07) is 4.76. The Labute approximate surface area is 144 Å². The second kappa shape index (κ2) is 6.71. The highest BCUT2D eigenvalue weighted by Gasteiger charge is 2.42. The Morgan fingerprint density at radius 1 is 1.38 bits per heavy atom. The van der Waals surface area contributed by atoms with Gasteiger partial charge in [0.25, 0.3) is 0 Å². The molecule has 1 saturated heterocycles. The van der Waals surface area contributed by atoms with Crippen LogP contribution < -0.4 is 4.74 Å². The quantitative estimate of drug-likeness (QED) is 0.770. The van der Waals surface area contributed by atoms with Gasteiger partial charge in [0.2, 0.25) is 5.91 Å². The Morgan fingerprint density at radius 3 is 2.88 bits per heavy atom. The molecule has 5 heteroatoms. The molecule has 2 heterocycles. The fourth-order valence-electron chi connectivity index (χ4n) is 3.84. The third-order valence-electron chi connectivity index (χ3n) is 5.50. The van der Waals surface area contributed by atoms with Gasteiger partial charge in [0.1, 0.15) is 11.9 Å². The summed E-state index contributed by atoms with van der Waals surface area (Å²) in [5.41, 5.74) is 0. The number of hydrogen-bond donors (Lipinski definition) is 0. The molecule has 1 amide bonds. The van der Waals surface area contributed by atoms with E-state index in [-0.39, 0.29) is 6.10 Å².